The number of aliphatic hydroxyl groups is 2. The van der Waals surface area contributed by atoms with Crippen LogP contribution in [-0.4, -0.2) is 59.0 Å². The number of phosphoric acid groups is 1. The Kier molecular flexibility index (Phi) is 32.4. The number of rotatable bonds is 33. The van der Waals surface area contributed by atoms with Crippen LogP contribution in [0.3, 0.4) is 0 Å². The zero-order chi connectivity index (χ0) is 35.6. The molecule has 278 valence electrons. The molecule has 1 amide bonds. The summed E-state index contributed by atoms with van der Waals surface area (Å²) in [6.45, 7) is 3.82. The van der Waals surface area contributed by atoms with Crippen LogP contribution >= 0.6 is 7.82 Å². The number of amides is 1. The monoisotopic (exact) mass is 696 g/mol. The van der Waals surface area contributed by atoms with Gasteiger partial charge in [0.1, 0.15) is 0 Å². The van der Waals surface area contributed by atoms with Crippen molar-refractivity contribution in [1.29, 1.82) is 0 Å². The van der Waals surface area contributed by atoms with Gasteiger partial charge in [0.25, 0.3) is 0 Å². The van der Waals surface area contributed by atoms with Crippen LogP contribution in [0.15, 0.2) is 60.8 Å². The number of unbranched alkanes of at least 4 members (excludes halogenated alkanes) is 12. The number of carbonyl (C=O) groups is 1. The fraction of sp³-hybridized carbons (Fsp3) is 0.711. The topological polar surface area (TPSA) is 151 Å². The molecular weight excluding hydrogens is 627 g/mol. The van der Waals surface area contributed by atoms with E-state index in [1.54, 1.807) is 12.2 Å². The number of hydrogen-bond acceptors (Lipinski definition) is 7. The summed E-state index contributed by atoms with van der Waals surface area (Å²) in [6, 6.07) is -1.01. The van der Waals surface area contributed by atoms with Gasteiger partial charge in [0.05, 0.1) is 37.9 Å². The smallest absolute Gasteiger partial charge is 0.393 e. The normalized spacial score (nSPS) is 15.7. The molecule has 6 N–H and O–H groups in total. The second-order valence-electron chi connectivity index (χ2n) is 12.3. The Morgan fingerprint density at radius 1 is 0.729 bits per heavy atom. The van der Waals surface area contributed by atoms with Gasteiger partial charge in [-0.15, -0.1) is 0 Å². The number of aliphatic hydroxyl groups excluding tert-OH is 2. The van der Waals surface area contributed by atoms with Gasteiger partial charge in [-0.05, 0) is 70.6 Å². The molecule has 0 rings (SSSR count). The average molecular weight is 697 g/mol. The van der Waals surface area contributed by atoms with Crippen LogP contribution in [0.4, 0.5) is 0 Å². The molecule has 0 aromatic heterocycles. The lowest BCUT2D eigenvalue weighted by atomic mass is 10.0. The van der Waals surface area contributed by atoms with Crippen molar-refractivity contribution < 1.29 is 33.5 Å². The van der Waals surface area contributed by atoms with E-state index < -0.39 is 38.6 Å². The summed E-state index contributed by atoms with van der Waals surface area (Å²) in [4.78, 5) is 22.6. The van der Waals surface area contributed by atoms with E-state index in [2.05, 4.69) is 67.8 Å². The minimum Gasteiger partial charge on any atom is -0.393 e. The van der Waals surface area contributed by atoms with E-state index >= 15 is 0 Å². The van der Waals surface area contributed by atoms with Crippen LogP contribution in [0.1, 0.15) is 136 Å². The molecule has 10 heteroatoms. The molecule has 4 atom stereocenters. The van der Waals surface area contributed by atoms with E-state index in [0.717, 1.165) is 64.2 Å². The maximum atomic E-state index is 12.7. The molecule has 0 bridgehead atoms. The molecule has 0 heterocycles. The second-order valence-corrected chi connectivity index (χ2v) is 13.7. The lowest BCUT2D eigenvalue weighted by Gasteiger charge is -2.24. The molecule has 0 fully saturated rings. The lowest BCUT2D eigenvalue weighted by Crippen LogP contribution is -2.46. The van der Waals surface area contributed by atoms with Crippen LogP contribution in [0.5, 0.6) is 0 Å². The Morgan fingerprint density at radius 2 is 1.25 bits per heavy atom. The summed E-state index contributed by atoms with van der Waals surface area (Å²) in [5.41, 5.74) is 5.33. The van der Waals surface area contributed by atoms with E-state index in [1.807, 2.05) is 0 Å². The summed E-state index contributed by atoms with van der Waals surface area (Å²) >= 11 is 0. The number of carbonyl (C=O) groups excluding carboxylic acids is 1. The van der Waals surface area contributed by atoms with Crippen LogP contribution in [0.25, 0.3) is 0 Å². The van der Waals surface area contributed by atoms with Crippen molar-refractivity contribution in [3.8, 4) is 0 Å². The largest absolute Gasteiger partial charge is 0.472 e. The molecule has 9 nitrogen and oxygen atoms in total. The number of phosphoric ester groups is 1. The summed E-state index contributed by atoms with van der Waals surface area (Å²) in [5.74, 6) is -0.477. The van der Waals surface area contributed by atoms with Crippen molar-refractivity contribution in [2.75, 3.05) is 19.8 Å². The quantitative estimate of drug-likeness (QED) is 0.0198. The van der Waals surface area contributed by atoms with E-state index in [0.29, 0.717) is 12.8 Å². The number of nitrogens with one attached hydrogen (secondary N) is 1. The fourth-order valence-electron chi connectivity index (χ4n) is 4.78. The van der Waals surface area contributed by atoms with Crippen LogP contribution in [0, 0.1) is 0 Å². The SMILES string of the molecule is CCCCC/C=C\C=C/CCCCCCC(O)CC(=O)NC(COP(=O)(O)OCCN)C(O)/C=C/CC/C=C/CC/C=C/CCCCC. The molecule has 0 spiro atoms. The summed E-state index contributed by atoms with van der Waals surface area (Å²) < 4.78 is 21.9. The van der Waals surface area contributed by atoms with Gasteiger partial charge in [0.15, 0.2) is 0 Å². The van der Waals surface area contributed by atoms with Crippen LogP contribution in [-0.2, 0) is 18.4 Å². The van der Waals surface area contributed by atoms with Crippen molar-refractivity contribution in [3.63, 3.8) is 0 Å². The van der Waals surface area contributed by atoms with Crippen molar-refractivity contribution in [3.05, 3.63) is 60.8 Å². The average Bonchev–Trinajstić information content (AvgIpc) is 3.06. The first-order chi connectivity index (χ1) is 23.3. The van der Waals surface area contributed by atoms with E-state index in [9.17, 15) is 24.5 Å². The molecular formula is C38H69N2O7P. The molecule has 0 aliphatic heterocycles. The summed E-state index contributed by atoms with van der Waals surface area (Å²) in [6.07, 6.45) is 37.3. The van der Waals surface area contributed by atoms with Gasteiger partial charge in [-0.2, -0.15) is 0 Å². The zero-order valence-corrected chi connectivity index (χ0v) is 31.0. The molecule has 0 saturated carbocycles. The first-order valence-electron chi connectivity index (χ1n) is 18.5. The molecule has 0 saturated heterocycles. The molecule has 0 aromatic rings. The van der Waals surface area contributed by atoms with Crippen LogP contribution < -0.4 is 11.1 Å². The van der Waals surface area contributed by atoms with Crippen molar-refractivity contribution in [2.45, 2.75) is 154 Å². The minimum absolute atomic E-state index is 0.0371. The van der Waals surface area contributed by atoms with Crippen molar-refractivity contribution in [1.82, 2.24) is 5.32 Å². The predicted octanol–water partition coefficient (Wildman–Crippen LogP) is 8.52. The first-order valence-corrected chi connectivity index (χ1v) is 20.0. The van der Waals surface area contributed by atoms with E-state index in [-0.39, 0.29) is 19.6 Å². The van der Waals surface area contributed by atoms with Crippen LogP contribution in [0.2, 0.25) is 0 Å². The number of nitrogens with two attached hydrogens (primary N) is 1. The van der Waals surface area contributed by atoms with Gasteiger partial charge in [-0.25, -0.2) is 4.57 Å². The van der Waals surface area contributed by atoms with Crippen molar-refractivity contribution >= 4 is 13.7 Å². The van der Waals surface area contributed by atoms with Crippen molar-refractivity contribution in [2.24, 2.45) is 5.73 Å². The minimum atomic E-state index is -4.41. The Bertz CT molecular complexity index is 951. The first kappa shape index (κ1) is 46.2. The van der Waals surface area contributed by atoms with Gasteiger partial charge in [-0.1, -0.05) is 120 Å². The molecule has 0 aliphatic rings. The standard InChI is InChI=1S/C38H69N2O7P/c1-3-5-7-9-11-13-15-17-19-21-23-25-27-29-35(41)33-38(43)40-36(34-47-48(44,45)46-32-31-39)37(42)30-28-26-24-22-20-18-16-14-12-10-8-6-4-2/h11-15,17,20,22,28,30,35-37,41-42H,3-10,16,18-19,21,23-27,29,31-34,39H2,1-2H3,(H,40,43)(H,44,45)/b13-11-,14-12+,17-15-,22-20+,30-28+. The van der Waals surface area contributed by atoms with Gasteiger partial charge in [0, 0.05) is 6.54 Å². The third kappa shape index (κ3) is 31.4. The molecule has 0 radical (unpaired) electrons. The Hall–Kier alpha value is -1.84. The van der Waals surface area contributed by atoms with Gasteiger partial charge < -0.3 is 26.2 Å². The fourth-order valence-corrected chi connectivity index (χ4v) is 5.54. The summed E-state index contributed by atoms with van der Waals surface area (Å²) in [5, 5.41) is 23.8. The van der Waals surface area contributed by atoms with Gasteiger partial charge in [0.2, 0.25) is 5.91 Å². The zero-order valence-electron chi connectivity index (χ0n) is 30.1. The van der Waals surface area contributed by atoms with Gasteiger partial charge in [-0.3, -0.25) is 13.8 Å². The maximum absolute atomic E-state index is 12.7. The molecule has 48 heavy (non-hydrogen) atoms. The van der Waals surface area contributed by atoms with Gasteiger partial charge >= 0.3 is 7.82 Å². The Labute approximate surface area is 292 Å². The third-order valence-corrected chi connectivity index (χ3v) is 8.61. The third-order valence-electron chi connectivity index (χ3n) is 7.63. The number of hydrogen-bond donors (Lipinski definition) is 5. The lowest BCUT2D eigenvalue weighted by molar-refractivity contribution is -0.124. The predicted molar refractivity (Wildman–Crippen MR) is 199 cm³/mol. The molecule has 4 unspecified atom stereocenters. The highest BCUT2D eigenvalue weighted by molar-refractivity contribution is 7.47. The second kappa shape index (κ2) is 33.6. The number of allylic oxidation sites excluding steroid dienone is 9. The molecule has 0 aromatic carbocycles. The molecule has 0 aliphatic carbocycles. The highest BCUT2D eigenvalue weighted by atomic mass is 31.2. The maximum Gasteiger partial charge on any atom is 0.472 e. The summed E-state index contributed by atoms with van der Waals surface area (Å²) in [7, 11) is -4.41. The van der Waals surface area contributed by atoms with E-state index in [1.165, 1.54) is 38.5 Å². The Morgan fingerprint density at radius 3 is 1.83 bits per heavy atom. The Balaban J connectivity index is 4.58. The highest BCUT2D eigenvalue weighted by Gasteiger charge is 2.27. The highest BCUT2D eigenvalue weighted by Crippen LogP contribution is 2.43. The van der Waals surface area contributed by atoms with E-state index in [4.69, 9.17) is 14.8 Å².